The van der Waals surface area contributed by atoms with Crippen LogP contribution < -0.4 is 31.5 Å². The van der Waals surface area contributed by atoms with Gasteiger partial charge in [0.15, 0.2) is 0 Å². The van der Waals surface area contributed by atoms with Crippen LogP contribution in [0, 0.1) is 0 Å². The molecule has 4 aliphatic heterocycles. The number of hydrogen-bond acceptors (Lipinski definition) is 3. The van der Waals surface area contributed by atoms with Gasteiger partial charge in [-0.3, -0.25) is 0 Å². The van der Waals surface area contributed by atoms with E-state index in [1.165, 1.54) is 268 Å². The van der Waals surface area contributed by atoms with Gasteiger partial charge in [-0.05, 0) is 220 Å². The molecular weight excluding hydrogens is 1620 g/mol. The van der Waals surface area contributed by atoms with Crippen LogP contribution in [0.2, 0.25) is 0 Å². The van der Waals surface area contributed by atoms with Crippen LogP contribution >= 0.6 is 11.3 Å². The summed E-state index contributed by atoms with van der Waals surface area (Å²) in [6, 6.07) is 158. The van der Waals surface area contributed by atoms with Crippen molar-refractivity contribution in [2.45, 2.75) is 19.3 Å². The quantitative estimate of drug-likeness (QED) is 0.142. The topological polar surface area (TPSA) is 25.7 Å². The number of rotatable bonds is 8. The fourth-order valence-electron chi connectivity index (χ4n) is 25.2. The van der Waals surface area contributed by atoms with Crippen molar-refractivity contribution in [2.24, 2.45) is 0 Å². The number of benzene rings is 20. The van der Waals surface area contributed by atoms with Crippen molar-refractivity contribution >= 4 is 193 Å². The van der Waals surface area contributed by atoms with Gasteiger partial charge in [0.1, 0.15) is 0 Å². The summed E-state index contributed by atoms with van der Waals surface area (Å²) in [5, 5.41) is 15.1. The number of hydrogen-bond donors (Lipinski definition) is 0. The molecule has 31 rings (SSSR count). The number of nitrogens with zero attached hydrogens (tertiary/aromatic N) is 6. The fourth-order valence-corrected chi connectivity index (χ4v) is 26.4. The van der Waals surface area contributed by atoms with E-state index < -0.39 is 0 Å². The van der Waals surface area contributed by atoms with Gasteiger partial charge in [-0.1, -0.05) is 317 Å². The predicted octanol–water partition coefficient (Wildman–Crippen LogP) is 29.6. The Kier molecular flexibility index (Phi) is 14.1. The molecular formula is C123H74B2N6S. The van der Waals surface area contributed by atoms with E-state index in [0.29, 0.717) is 0 Å². The molecule has 0 saturated carbocycles. The van der Waals surface area contributed by atoms with E-state index in [4.69, 9.17) is 0 Å². The second-order valence-corrected chi connectivity index (χ2v) is 38.6. The van der Waals surface area contributed by atoms with Gasteiger partial charge in [0.25, 0.3) is 0 Å². The average Bonchev–Trinajstić information content (AvgIpc) is 1.59. The summed E-state index contributed by atoms with van der Waals surface area (Å²) < 4.78 is 12.9. The maximum absolute atomic E-state index is 2.77. The van der Waals surface area contributed by atoms with Gasteiger partial charge in [0.2, 0.25) is 0 Å². The summed E-state index contributed by atoms with van der Waals surface area (Å²) in [5.41, 5.74) is 46.8. The zero-order valence-corrected chi connectivity index (χ0v) is 72.8. The Hall–Kier alpha value is -16.5. The van der Waals surface area contributed by atoms with E-state index in [1.54, 1.807) is 0 Å². The van der Waals surface area contributed by atoms with Crippen molar-refractivity contribution in [3.63, 3.8) is 0 Å². The zero-order valence-electron chi connectivity index (χ0n) is 72.0. The lowest BCUT2D eigenvalue weighted by Gasteiger charge is -2.43. The molecule has 0 spiro atoms. The Bertz CT molecular complexity index is 9620. The molecule has 20 aromatic carbocycles. The second-order valence-electron chi connectivity index (χ2n) is 37.5. The largest absolute Gasteiger partial charge is 0.376 e. The van der Waals surface area contributed by atoms with Crippen molar-refractivity contribution in [2.75, 3.05) is 9.62 Å². The highest BCUT2D eigenvalue weighted by Crippen LogP contribution is 2.61. The highest BCUT2D eigenvalue weighted by Gasteiger charge is 2.51. The van der Waals surface area contributed by atoms with E-state index >= 15 is 0 Å². The standard InChI is InChI=1S/C123H74B2N6S/c1-123(2)98-40-19-15-35-89(98)110-99(123)70-108-115-113(110)92-60-63-107-112(91-39-23-37-86-84-33-16-20-42-102(84)127(107)116(86)91)120(92)131(124(115)100-41-24-38-87-85-34-17-21-43-103(85)128(108)117(87)100)83-57-51-76(52-58-83)74-45-47-77(48-46-74)79-54-64-109-94(66-79)97-69-95-88-59-62-106-111(90-36-18-22-44-104(90)126(106)81-31-13-6-14-32-81)119(88)130(82-55-49-75(50-56-82)71-25-7-3-8-26-71)125-101-68-80(73-29-11-5-12-30-73)67-96-93-65-78(72-27-9-4-10-28-72)53-61-105(93)129(118(96)101)121(114(95)125)122(97)132-109/h3-70H,1-2H3. The summed E-state index contributed by atoms with van der Waals surface area (Å²) >= 11 is 1.94. The monoisotopic (exact) mass is 1690 g/mol. The molecule has 0 N–H and O–H groups in total. The van der Waals surface area contributed by atoms with Crippen molar-refractivity contribution in [3.8, 4) is 106 Å². The molecule has 6 aromatic heterocycles. The lowest BCUT2D eigenvalue weighted by molar-refractivity contribution is 0.660. The lowest BCUT2D eigenvalue weighted by atomic mass is 9.43. The van der Waals surface area contributed by atoms with Crippen molar-refractivity contribution < 1.29 is 0 Å². The molecule has 0 amide bonds. The normalized spacial score (nSPS) is 13.7. The van der Waals surface area contributed by atoms with Crippen LogP contribution in [0.5, 0.6) is 0 Å². The fraction of sp³-hybridized carbons (Fsp3) is 0.0244. The molecule has 132 heavy (non-hydrogen) atoms. The summed E-state index contributed by atoms with van der Waals surface area (Å²) in [6.45, 7) is 4.43. The Balaban J connectivity index is 0.601. The number of aromatic nitrogens is 4. The van der Waals surface area contributed by atoms with E-state index in [1.807, 2.05) is 11.3 Å². The number of fused-ring (bicyclic) bond motifs is 33. The molecule has 5 aliphatic rings. The number of thiophene rings is 1. The van der Waals surface area contributed by atoms with Gasteiger partial charge >= 0.3 is 13.7 Å². The summed E-state index contributed by atoms with van der Waals surface area (Å²) in [4.78, 5) is 5.54. The minimum Gasteiger partial charge on any atom is -0.376 e. The molecule has 0 bridgehead atoms. The van der Waals surface area contributed by atoms with E-state index in [-0.39, 0.29) is 19.1 Å². The van der Waals surface area contributed by atoms with Gasteiger partial charge in [0, 0.05) is 120 Å². The van der Waals surface area contributed by atoms with Gasteiger partial charge in [-0.15, -0.1) is 11.3 Å². The molecule has 0 saturated heterocycles. The summed E-state index contributed by atoms with van der Waals surface area (Å²) in [7, 11) is 0. The predicted molar refractivity (Wildman–Crippen MR) is 560 cm³/mol. The van der Waals surface area contributed by atoms with Gasteiger partial charge in [-0.2, -0.15) is 0 Å². The number of para-hydroxylation sites is 6. The van der Waals surface area contributed by atoms with Crippen LogP contribution in [0.1, 0.15) is 25.0 Å². The SMILES string of the molecule is CC1(C)c2ccccc2-c2c1cc1c3c2-c2ccc4c(c2N(c2ccc(-c5ccc(-c6ccc7sc8c9c%10c(cc8c7c6)-c6ccc7c(c6N(c6ccc(-c8ccccc8)cc6)B%10c6cc(-c8ccccc8)cc8c%10cc(-c%11ccccc%11)ccc%10n-9c68)c6ccccc6n7-c6ccccc6)cc5)cc2)B3c2cccc3c5ccccc5n-1c23)c1cccc2c3ccccc3n4c21. The minimum absolute atomic E-state index is 0.190. The molecule has 0 fully saturated rings. The third-order valence-electron chi connectivity index (χ3n) is 30.8. The van der Waals surface area contributed by atoms with Gasteiger partial charge in [0.05, 0.1) is 60.0 Å². The Labute approximate surface area is 764 Å². The van der Waals surface area contributed by atoms with Crippen LogP contribution in [-0.4, -0.2) is 31.8 Å². The molecule has 0 unspecified atom stereocenters. The third kappa shape index (κ3) is 9.29. The minimum atomic E-state index is -0.282. The van der Waals surface area contributed by atoms with Crippen LogP contribution in [0.25, 0.3) is 230 Å². The first kappa shape index (κ1) is 71.6. The first-order valence-electron chi connectivity index (χ1n) is 46.2. The molecule has 1 aliphatic carbocycles. The third-order valence-corrected chi connectivity index (χ3v) is 32.0. The molecule has 608 valence electrons. The molecule has 9 heteroatoms. The molecule has 26 aromatic rings. The zero-order chi connectivity index (χ0) is 85.9. The van der Waals surface area contributed by atoms with Crippen LogP contribution in [-0.2, 0) is 5.41 Å². The van der Waals surface area contributed by atoms with Gasteiger partial charge in [-0.25, -0.2) is 0 Å². The van der Waals surface area contributed by atoms with Gasteiger partial charge < -0.3 is 27.7 Å². The van der Waals surface area contributed by atoms with Crippen molar-refractivity contribution in [1.29, 1.82) is 0 Å². The maximum atomic E-state index is 2.77. The highest BCUT2D eigenvalue weighted by molar-refractivity contribution is 7.26. The first-order valence-corrected chi connectivity index (χ1v) is 47.0. The highest BCUT2D eigenvalue weighted by atomic mass is 32.1. The summed E-state index contributed by atoms with van der Waals surface area (Å²) in [5.74, 6) is 0. The van der Waals surface area contributed by atoms with E-state index in [2.05, 4.69) is 454 Å². The smallest absolute Gasteiger partial charge is 0.333 e. The lowest BCUT2D eigenvalue weighted by Crippen LogP contribution is -2.60. The Morgan fingerprint density at radius 3 is 1.44 bits per heavy atom. The van der Waals surface area contributed by atoms with E-state index in [9.17, 15) is 0 Å². The van der Waals surface area contributed by atoms with Crippen molar-refractivity contribution in [3.05, 3.63) is 424 Å². The molecule has 6 nitrogen and oxygen atoms in total. The summed E-state index contributed by atoms with van der Waals surface area (Å²) in [6.07, 6.45) is 0. The molecule has 0 radical (unpaired) electrons. The van der Waals surface area contributed by atoms with Crippen molar-refractivity contribution in [1.82, 2.24) is 18.1 Å². The van der Waals surface area contributed by atoms with Crippen LogP contribution in [0.3, 0.4) is 0 Å². The van der Waals surface area contributed by atoms with Crippen LogP contribution in [0.4, 0.5) is 22.7 Å². The first-order chi connectivity index (χ1) is 65.3. The molecule has 0 atom stereocenters. The maximum Gasteiger partial charge on any atom is 0.333 e. The Morgan fingerprint density at radius 2 is 0.727 bits per heavy atom. The van der Waals surface area contributed by atoms with Crippen LogP contribution in [0.15, 0.2) is 413 Å². The molecule has 10 heterocycles. The van der Waals surface area contributed by atoms with E-state index in [0.717, 1.165) is 17.1 Å². The average molecular weight is 1690 g/mol. The number of anilines is 4. The second kappa shape index (κ2) is 26.0. The Morgan fingerprint density at radius 1 is 0.242 bits per heavy atom.